The molecule has 1 aromatic rings. The molecule has 0 bridgehead atoms. The van der Waals surface area contributed by atoms with Crippen LogP contribution in [0.5, 0.6) is 0 Å². The number of carbonyl (C=O) groups is 1. The van der Waals surface area contributed by atoms with Gasteiger partial charge in [0, 0.05) is 29.7 Å². The number of hydrogen-bond donors (Lipinski definition) is 1. The van der Waals surface area contributed by atoms with E-state index in [2.05, 4.69) is 0 Å². The van der Waals surface area contributed by atoms with Crippen LogP contribution < -0.4 is 5.73 Å². The van der Waals surface area contributed by atoms with Crippen molar-refractivity contribution in [1.82, 2.24) is 4.90 Å². The third-order valence-electron chi connectivity index (χ3n) is 4.45. The van der Waals surface area contributed by atoms with Crippen LogP contribution in [-0.4, -0.2) is 29.9 Å². The molecule has 1 aromatic carbocycles. The number of carbonyl (C=O) groups excluding carboxylic acids is 1. The van der Waals surface area contributed by atoms with Gasteiger partial charge in [0.25, 0.3) is 5.91 Å². The van der Waals surface area contributed by atoms with E-state index in [1.165, 1.54) is 0 Å². The Labute approximate surface area is 118 Å². The molecule has 0 aromatic heterocycles. The van der Waals surface area contributed by atoms with Crippen molar-refractivity contribution in [2.75, 3.05) is 13.1 Å². The first-order valence-electron chi connectivity index (χ1n) is 6.94. The molecule has 1 saturated heterocycles. The van der Waals surface area contributed by atoms with Crippen LogP contribution in [0.3, 0.4) is 0 Å². The van der Waals surface area contributed by atoms with Crippen LogP contribution >= 0.6 is 11.6 Å². The minimum absolute atomic E-state index is 0.102. The Balaban J connectivity index is 1.72. The van der Waals surface area contributed by atoms with Crippen LogP contribution in [-0.2, 0) is 0 Å². The van der Waals surface area contributed by atoms with Gasteiger partial charge < -0.3 is 10.6 Å². The number of amides is 1. The first kappa shape index (κ1) is 12.9. The number of hydrogen-bond acceptors (Lipinski definition) is 2. The van der Waals surface area contributed by atoms with Gasteiger partial charge in [0.2, 0.25) is 0 Å². The second-order valence-electron chi connectivity index (χ2n) is 5.81. The van der Waals surface area contributed by atoms with E-state index in [0.717, 1.165) is 32.4 Å². The summed E-state index contributed by atoms with van der Waals surface area (Å²) in [6, 6.07) is 7.53. The maximum atomic E-state index is 12.5. The Morgan fingerprint density at radius 2 is 2.05 bits per heavy atom. The third-order valence-corrected chi connectivity index (χ3v) is 4.68. The maximum Gasteiger partial charge on any atom is 0.253 e. The van der Waals surface area contributed by atoms with E-state index in [1.54, 1.807) is 12.1 Å². The van der Waals surface area contributed by atoms with Crippen molar-refractivity contribution in [1.29, 1.82) is 0 Å². The van der Waals surface area contributed by atoms with Crippen LogP contribution in [0.2, 0.25) is 5.02 Å². The van der Waals surface area contributed by atoms with Gasteiger partial charge in [0.1, 0.15) is 0 Å². The fourth-order valence-corrected chi connectivity index (χ4v) is 3.63. The Hall–Kier alpha value is -1.06. The molecular formula is C15H19ClN2O. The Morgan fingerprint density at radius 3 is 2.84 bits per heavy atom. The molecule has 1 heterocycles. The highest BCUT2D eigenvalue weighted by Gasteiger charge is 2.38. The lowest BCUT2D eigenvalue weighted by atomic mass is 9.79. The molecule has 0 spiro atoms. The standard InChI is InChI=1S/C15H19ClN2O/c16-13-3-1-2-10(6-13)15(19)18-8-11-4-5-14(17)7-12(11)9-18/h1-3,6,11-12,14H,4-5,7-9,17H2/t11-,12+,14?/m1/s1. The molecule has 2 N–H and O–H groups in total. The molecule has 19 heavy (non-hydrogen) atoms. The van der Waals surface area contributed by atoms with E-state index in [9.17, 15) is 4.79 Å². The number of benzene rings is 1. The molecule has 2 aliphatic rings. The highest BCUT2D eigenvalue weighted by molar-refractivity contribution is 6.30. The van der Waals surface area contributed by atoms with Crippen LogP contribution in [0, 0.1) is 11.8 Å². The molecule has 1 aliphatic heterocycles. The average Bonchev–Trinajstić information content (AvgIpc) is 2.80. The third kappa shape index (κ3) is 2.63. The topological polar surface area (TPSA) is 46.3 Å². The van der Waals surface area contributed by atoms with Crippen molar-refractivity contribution < 1.29 is 4.79 Å². The van der Waals surface area contributed by atoms with E-state index in [4.69, 9.17) is 17.3 Å². The van der Waals surface area contributed by atoms with E-state index in [0.29, 0.717) is 28.5 Å². The van der Waals surface area contributed by atoms with Gasteiger partial charge in [-0.25, -0.2) is 0 Å². The highest BCUT2D eigenvalue weighted by Crippen LogP contribution is 2.36. The van der Waals surface area contributed by atoms with Gasteiger partial charge in [-0.1, -0.05) is 17.7 Å². The van der Waals surface area contributed by atoms with Gasteiger partial charge in [-0.3, -0.25) is 4.79 Å². The fraction of sp³-hybridized carbons (Fsp3) is 0.533. The van der Waals surface area contributed by atoms with Gasteiger partial charge in [0.05, 0.1) is 0 Å². The van der Waals surface area contributed by atoms with Crippen LogP contribution in [0.25, 0.3) is 0 Å². The van der Waals surface area contributed by atoms with E-state index in [-0.39, 0.29) is 5.91 Å². The SMILES string of the molecule is NC1CC[C@@H]2CN(C(=O)c3cccc(Cl)c3)C[C@@H]2C1. The normalized spacial score (nSPS) is 30.2. The molecule has 1 saturated carbocycles. The number of nitrogens with two attached hydrogens (primary N) is 1. The van der Waals surface area contributed by atoms with Crippen LogP contribution in [0.15, 0.2) is 24.3 Å². The Kier molecular flexibility index (Phi) is 3.50. The van der Waals surface area contributed by atoms with Crippen LogP contribution in [0.1, 0.15) is 29.6 Å². The zero-order valence-corrected chi connectivity index (χ0v) is 11.6. The molecule has 1 amide bonds. The molecule has 2 fully saturated rings. The Bertz CT molecular complexity index is 491. The Morgan fingerprint density at radius 1 is 1.26 bits per heavy atom. The lowest BCUT2D eigenvalue weighted by Crippen LogP contribution is -2.32. The minimum atomic E-state index is 0.102. The second kappa shape index (κ2) is 5.14. The van der Waals surface area contributed by atoms with Gasteiger partial charge in [0.15, 0.2) is 0 Å². The lowest BCUT2D eigenvalue weighted by Gasteiger charge is -2.27. The smallest absolute Gasteiger partial charge is 0.253 e. The summed E-state index contributed by atoms with van der Waals surface area (Å²) >= 11 is 5.95. The molecule has 3 atom stereocenters. The molecule has 3 nitrogen and oxygen atoms in total. The number of likely N-dealkylation sites (tertiary alicyclic amines) is 1. The summed E-state index contributed by atoms with van der Waals surface area (Å²) in [6.07, 6.45) is 3.31. The predicted octanol–water partition coefficient (Wildman–Crippen LogP) is 2.54. The van der Waals surface area contributed by atoms with Crippen molar-refractivity contribution >= 4 is 17.5 Å². The van der Waals surface area contributed by atoms with E-state index >= 15 is 0 Å². The fourth-order valence-electron chi connectivity index (χ4n) is 3.44. The summed E-state index contributed by atoms with van der Waals surface area (Å²) < 4.78 is 0. The number of halogens is 1. The molecule has 3 rings (SSSR count). The van der Waals surface area contributed by atoms with Crippen molar-refractivity contribution in [2.24, 2.45) is 17.6 Å². The molecule has 0 radical (unpaired) electrons. The summed E-state index contributed by atoms with van der Waals surface area (Å²) in [5.74, 6) is 1.33. The highest BCUT2D eigenvalue weighted by atomic mass is 35.5. The second-order valence-corrected chi connectivity index (χ2v) is 6.25. The van der Waals surface area contributed by atoms with Crippen LogP contribution in [0.4, 0.5) is 0 Å². The van der Waals surface area contributed by atoms with Gasteiger partial charge in [-0.05, 0) is 49.3 Å². The molecule has 4 heteroatoms. The maximum absolute atomic E-state index is 12.5. The van der Waals surface area contributed by atoms with Crippen molar-refractivity contribution in [3.8, 4) is 0 Å². The lowest BCUT2D eigenvalue weighted by molar-refractivity contribution is 0.0784. The van der Waals surface area contributed by atoms with Gasteiger partial charge in [-0.2, -0.15) is 0 Å². The first-order chi connectivity index (χ1) is 9.13. The van der Waals surface area contributed by atoms with Gasteiger partial charge in [-0.15, -0.1) is 0 Å². The van der Waals surface area contributed by atoms with E-state index in [1.807, 2.05) is 17.0 Å². The van der Waals surface area contributed by atoms with Crippen molar-refractivity contribution in [3.63, 3.8) is 0 Å². The van der Waals surface area contributed by atoms with Crippen molar-refractivity contribution in [2.45, 2.75) is 25.3 Å². The van der Waals surface area contributed by atoms with E-state index < -0.39 is 0 Å². The zero-order chi connectivity index (χ0) is 13.4. The number of rotatable bonds is 1. The zero-order valence-electron chi connectivity index (χ0n) is 10.9. The summed E-state index contributed by atoms with van der Waals surface area (Å²) in [5, 5.41) is 0.615. The first-order valence-corrected chi connectivity index (χ1v) is 7.31. The summed E-state index contributed by atoms with van der Waals surface area (Å²) in [6.45, 7) is 1.73. The molecule has 102 valence electrons. The van der Waals surface area contributed by atoms with Gasteiger partial charge >= 0.3 is 0 Å². The summed E-state index contributed by atoms with van der Waals surface area (Å²) in [4.78, 5) is 14.4. The predicted molar refractivity (Wildman–Crippen MR) is 76.2 cm³/mol. The summed E-state index contributed by atoms with van der Waals surface area (Å²) in [5.41, 5.74) is 6.71. The van der Waals surface area contributed by atoms with Crippen molar-refractivity contribution in [3.05, 3.63) is 34.9 Å². The molecule has 1 unspecified atom stereocenters. The largest absolute Gasteiger partial charge is 0.338 e. The number of nitrogens with zero attached hydrogens (tertiary/aromatic N) is 1. The number of fused-ring (bicyclic) bond motifs is 1. The quantitative estimate of drug-likeness (QED) is 0.858. The monoisotopic (exact) mass is 278 g/mol. The average molecular weight is 279 g/mol. The summed E-state index contributed by atoms with van der Waals surface area (Å²) in [7, 11) is 0. The molecular weight excluding hydrogens is 260 g/mol. The minimum Gasteiger partial charge on any atom is -0.338 e. The molecule has 1 aliphatic carbocycles.